The summed E-state index contributed by atoms with van der Waals surface area (Å²) in [5.41, 5.74) is 1.58. The highest BCUT2D eigenvalue weighted by molar-refractivity contribution is 5.92. The number of nitrogens with one attached hydrogen (secondary N) is 1. The standard InChI is InChI=1S/C21H23N3O4/c1-16(18-9-6-10-19(15-18)24(27)28)23(2)21(26)13-14-22-20(25)12-11-17-7-4-3-5-8-17/h3-12,15-16H,13-14H2,1-2H3,(H,22,25)/b12-11+/t16-/m0/s1. The molecular formula is C21H23N3O4. The normalized spacial score (nSPS) is 11.8. The minimum atomic E-state index is -0.462. The fourth-order valence-electron chi connectivity index (χ4n) is 2.60. The number of hydrogen-bond donors (Lipinski definition) is 1. The molecule has 0 spiro atoms. The van der Waals surface area contributed by atoms with Crippen molar-refractivity contribution < 1.29 is 14.5 Å². The van der Waals surface area contributed by atoms with Gasteiger partial charge in [0, 0.05) is 38.2 Å². The minimum absolute atomic E-state index is 0.0114. The van der Waals surface area contributed by atoms with Crippen molar-refractivity contribution in [3.63, 3.8) is 0 Å². The number of hydrogen-bond acceptors (Lipinski definition) is 4. The van der Waals surface area contributed by atoms with Crippen molar-refractivity contribution in [2.75, 3.05) is 13.6 Å². The molecule has 0 bridgehead atoms. The number of rotatable bonds is 8. The molecule has 0 radical (unpaired) electrons. The smallest absolute Gasteiger partial charge is 0.269 e. The molecule has 0 saturated heterocycles. The van der Waals surface area contributed by atoms with Crippen LogP contribution in [0.5, 0.6) is 0 Å². The average Bonchev–Trinajstić information content (AvgIpc) is 2.71. The number of nitro groups is 1. The second-order valence-electron chi connectivity index (χ2n) is 6.32. The van der Waals surface area contributed by atoms with Crippen LogP contribution in [-0.2, 0) is 9.59 Å². The molecule has 7 heteroatoms. The zero-order valence-electron chi connectivity index (χ0n) is 15.9. The van der Waals surface area contributed by atoms with Crippen LogP contribution in [0.15, 0.2) is 60.7 Å². The van der Waals surface area contributed by atoms with Gasteiger partial charge in [0.15, 0.2) is 0 Å². The predicted octanol–water partition coefficient (Wildman–Crippen LogP) is 3.33. The lowest BCUT2D eigenvalue weighted by Gasteiger charge is -2.25. The first kappa shape index (κ1) is 20.8. The molecule has 2 rings (SSSR count). The summed E-state index contributed by atoms with van der Waals surface area (Å²) in [6, 6.07) is 15.3. The van der Waals surface area contributed by atoms with Crippen LogP contribution in [0, 0.1) is 10.1 Å². The van der Waals surface area contributed by atoms with Gasteiger partial charge in [0.25, 0.3) is 5.69 Å². The van der Waals surface area contributed by atoms with Gasteiger partial charge < -0.3 is 10.2 Å². The monoisotopic (exact) mass is 381 g/mol. The maximum Gasteiger partial charge on any atom is 0.269 e. The van der Waals surface area contributed by atoms with Crippen molar-refractivity contribution >= 4 is 23.6 Å². The van der Waals surface area contributed by atoms with E-state index in [1.54, 1.807) is 32.2 Å². The highest BCUT2D eigenvalue weighted by atomic mass is 16.6. The first-order chi connectivity index (χ1) is 13.4. The highest BCUT2D eigenvalue weighted by Crippen LogP contribution is 2.23. The van der Waals surface area contributed by atoms with Gasteiger partial charge in [-0.2, -0.15) is 0 Å². The predicted molar refractivity (Wildman–Crippen MR) is 107 cm³/mol. The van der Waals surface area contributed by atoms with Gasteiger partial charge in [0.2, 0.25) is 11.8 Å². The Morgan fingerprint density at radius 3 is 2.57 bits per heavy atom. The largest absolute Gasteiger partial charge is 0.352 e. The molecule has 0 aliphatic carbocycles. The van der Waals surface area contributed by atoms with Crippen molar-refractivity contribution in [2.45, 2.75) is 19.4 Å². The number of benzene rings is 2. The molecule has 0 heterocycles. The second kappa shape index (κ2) is 10.0. The van der Waals surface area contributed by atoms with Gasteiger partial charge in [0.05, 0.1) is 11.0 Å². The van der Waals surface area contributed by atoms with Crippen LogP contribution in [0.2, 0.25) is 0 Å². The summed E-state index contributed by atoms with van der Waals surface area (Å²) in [6.45, 7) is 2.01. The van der Waals surface area contributed by atoms with E-state index < -0.39 is 4.92 Å². The molecule has 0 aromatic heterocycles. The van der Waals surface area contributed by atoms with Crippen LogP contribution in [0.25, 0.3) is 6.08 Å². The Morgan fingerprint density at radius 2 is 1.89 bits per heavy atom. The fraction of sp³-hybridized carbons (Fsp3) is 0.238. The van der Waals surface area contributed by atoms with E-state index in [-0.39, 0.29) is 36.5 Å². The topological polar surface area (TPSA) is 92.6 Å². The zero-order valence-corrected chi connectivity index (χ0v) is 15.9. The summed E-state index contributed by atoms with van der Waals surface area (Å²) >= 11 is 0. The molecule has 1 atom stereocenters. The van der Waals surface area contributed by atoms with Crippen LogP contribution in [0.1, 0.15) is 30.5 Å². The van der Waals surface area contributed by atoms with Gasteiger partial charge in [-0.15, -0.1) is 0 Å². The lowest BCUT2D eigenvalue weighted by atomic mass is 10.1. The first-order valence-electron chi connectivity index (χ1n) is 8.89. The molecule has 0 aliphatic heterocycles. The lowest BCUT2D eigenvalue weighted by Crippen LogP contribution is -2.33. The summed E-state index contributed by atoms with van der Waals surface area (Å²) < 4.78 is 0. The molecule has 7 nitrogen and oxygen atoms in total. The van der Waals surface area contributed by atoms with Crippen molar-refractivity contribution in [3.8, 4) is 0 Å². The number of amides is 2. The minimum Gasteiger partial charge on any atom is -0.352 e. The number of non-ortho nitro benzene ring substituents is 1. The number of nitrogens with zero attached hydrogens (tertiary/aromatic N) is 2. The molecule has 146 valence electrons. The molecule has 0 aliphatic rings. The van der Waals surface area contributed by atoms with Crippen LogP contribution < -0.4 is 5.32 Å². The molecule has 0 unspecified atom stereocenters. The van der Waals surface area contributed by atoms with E-state index >= 15 is 0 Å². The number of carbonyl (C=O) groups is 2. The Balaban J connectivity index is 1.83. The Morgan fingerprint density at radius 1 is 1.18 bits per heavy atom. The van der Waals surface area contributed by atoms with E-state index in [9.17, 15) is 19.7 Å². The summed E-state index contributed by atoms with van der Waals surface area (Å²) in [4.78, 5) is 36.2. The first-order valence-corrected chi connectivity index (χ1v) is 8.89. The van der Waals surface area contributed by atoms with Crippen molar-refractivity contribution in [1.82, 2.24) is 10.2 Å². The maximum absolute atomic E-state index is 12.4. The summed E-state index contributed by atoms with van der Waals surface area (Å²) in [6.07, 6.45) is 3.27. The molecule has 0 fully saturated rings. The zero-order chi connectivity index (χ0) is 20.5. The van der Waals surface area contributed by atoms with E-state index in [1.807, 2.05) is 30.3 Å². The SMILES string of the molecule is C[C@@H](c1cccc([N+](=O)[O-])c1)N(C)C(=O)CCNC(=O)/C=C/c1ccccc1. The van der Waals surface area contributed by atoms with Crippen LogP contribution in [0.4, 0.5) is 5.69 Å². The Hall–Kier alpha value is -3.48. The van der Waals surface area contributed by atoms with Crippen LogP contribution in [-0.4, -0.2) is 35.2 Å². The number of nitro benzene ring substituents is 1. The van der Waals surface area contributed by atoms with Gasteiger partial charge in [-0.3, -0.25) is 19.7 Å². The third-order valence-corrected chi connectivity index (χ3v) is 4.40. The summed E-state index contributed by atoms with van der Waals surface area (Å²) in [5, 5.41) is 13.6. The molecular weight excluding hydrogens is 358 g/mol. The summed E-state index contributed by atoms with van der Waals surface area (Å²) in [5.74, 6) is -0.433. The average molecular weight is 381 g/mol. The van der Waals surface area contributed by atoms with Gasteiger partial charge in [0.1, 0.15) is 0 Å². The van der Waals surface area contributed by atoms with Gasteiger partial charge in [-0.1, -0.05) is 42.5 Å². The summed E-state index contributed by atoms with van der Waals surface area (Å²) in [7, 11) is 1.64. The number of carbonyl (C=O) groups excluding carboxylic acids is 2. The van der Waals surface area contributed by atoms with E-state index in [1.165, 1.54) is 23.1 Å². The van der Waals surface area contributed by atoms with Gasteiger partial charge >= 0.3 is 0 Å². The lowest BCUT2D eigenvalue weighted by molar-refractivity contribution is -0.384. The molecule has 2 amide bonds. The van der Waals surface area contributed by atoms with Crippen molar-refractivity contribution in [2.24, 2.45) is 0 Å². The third kappa shape index (κ3) is 6.05. The van der Waals surface area contributed by atoms with E-state index in [4.69, 9.17) is 0 Å². The molecule has 28 heavy (non-hydrogen) atoms. The van der Waals surface area contributed by atoms with Gasteiger partial charge in [-0.05, 0) is 24.1 Å². The van der Waals surface area contributed by atoms with Gasteiger partial charge in [-0.25, -0.2) is 0 Å². The van der Waals surface area contributed by atoms with Crippen molar-refractivity contribution in [1.29, 1.82) is 0 Å². The van der Waals surface area contributed by atoms with E-state index in [0.717, 1.165) is 5.56 Å². The Bertz CT molecular complexity index is 865. The third-order valence-electron chi connectivity index (χ3n) is 4.40. The molecule has 2 aromatic carbocycles. The van der Waals surface area contributed by atoms with Crippen LogP contribution in [0.3, 0.4) is 0 Å². The quantitative estimate of drug-likeness (QED) is 0.431. The van der Waals surface area contributed by atoms with Crippen molar-refractivity contribution in [3.05, 3.63) is 81.9 Å². The Labute approximate surface area is 163 Å². The molecule has 0 saturated carbocycles. The maximum atomic E-state index is 12.4. The molecule has 2 aromatic rings. The van der Waals surface area contributed by atoms with Crippen LogP contribution >= 0.6 is 0 Å². The highest BCUT2D eigenvalue weighted by Gasteiger charge is 2.19. The van der Waals surface area contributed by atoms with E-state index in [2.05, 4.69) is 5.32 Å². The fourth-order valence-corrected chi connectivity index (χ4v) is 2.60. The van der Waals surface area contributed by atoms with E-state index in [0.29, 0.717) is 5.56 Å². The second-order valence-corrected chi connectivity index (χ2v) is 6.32. The molecule has 1 N–H and O–H groups in total. The Kier molecular flexibility index (Phi) is 7.45.